The quantitative estimate of drug-likeness (QED) is 0.334. The Balaban J connectivity index is 1.74. The predicted octanol–water partition coefficient (Wildman–Crippen LogP) is 3.63. The Morgan fingerprint density at radius 2 is 1.89 bits per heavy atom. The van der Waals surface area contributed by atoms with Crippen LogP contribution in [0.5, 0.6) is 0 Å². The number of carbonyl (C=O) groups is 1. The third-order valence-electron chi connectivity index (χ3n) is 5.94. The van der Waals surface area contributed by atoms with E-state index in [0.717, 1.165) is 22.7 Å². The monoisotopic (exact) mass is 481 g/mol. The fourth-order valence-electron chi connectivity index (χ4n) is 4.29. The molecule has 1 unspecified atom stereocenters. The van der Waals surface area contributed by atoms with Gasteiger partial charge in [0.1, 0.15) is 11.4 Å². The van der Waals surface area contributed by atoms with Crippen LogP contribution in [0.2, 0.25) is 0 Å². The number of nitrogens with two attached hydrogens (primary N) is 1. The van der Waals surface area contributed by atoms with Gasteiger partial charge in [-0.1, -0.05) is 36.4 Å². The molecule has 10 nitrogen and oxygen atoms in total. The van der Waals surface area contributed by atoms with Crippen LogP contribution in [0.4, 0.5) is 11.8 Å². The standard InChI is InChI=1S/C26H23N7O3/c1-15(30-23-20(25(35)36)13-28-26(27)31-23)21-11-16-7-6-10-19(17-12-29-32(2)14-17)22(16)24(34)33(21)18-8-4-3-5-9-18/h3-15H,1-2H3,(H,35,36)(H3,27,28,30,31). The van der Waals surface area contributed by atoms with Crippen molar-refractivity contribution in [3.8, 4) is 16.8 Å². The first-order valence-electron chi connectivity index (χ1n) is 11.2. The topological polar surface area (TPSA) is 141 Å². The van der Waals surface area contributed by atoms with Crippen LogP contribution in [0.25, 0.3) is 27.6 Å². The summed E-state index contributed by atoms with van der Waals surface area (Å²) in [5, 5.41) is 18.3. The van der Waals surface area contributed by atoms with Gasteiger partial charge in [0, 0.05) is 36.4 Å². The number of nitrogens with zero attached hydrogens (tertiary/aromatic N) is 5. The second-order valence-corrected chi connectivity index (χ2v) is 8.38. The minimum Gasteiger partial charge on any atom is -0.477 e. The van der Waals surface area contributed by atoms with Crippen molar-refractivity contribution in [1.29, 1.82) is 0 Å². The number of benzene rings is 2. The average Bonchev–Trinajstić information content (AvgIpc) is 3.30. The van der Waals surface area contributed by atoms with Crippen LogP contribution in [0, 0.1) is 0 Å². The van der Waals surface area contributed by atoms with E-state index in [-0.39, 0.29) is 22.9 Å². The van der Waals surface area contributed by atoms with Crippen molar-refractivity contribution in [2.24, 2.45) is 7.05 Å². The van der Waals surface area contributed by atoms with E-state index in [1.807, 2.05) is 74.8 Å². The van der Waals surface area contributed by atoms with E-state index in [9.17, 15) is 14.7 Å². The normalized spacial score (nSPS) is 11.9. The van der Waals surface area contributed by atoms with E-state index in [1.54, 1.807) is 15.4 Å². The number of anilines is 2. The third kappa shape index (κ3) is 4.05. The van der Waals surface area contributed by atoms with Crippen LogP contribution in [0.15, 0.2) is 78.0 Å². The van der Waals surface area contributed by atoms with Gasteiger partial charge in [-0.2, -0.15) is 10.1 Å². The molecule has 0 aliphatic heterocycles. The van der Waals surface area contributed by atoms with Gasteiger partial charge in [-0.15, -0.1) is 0 Å². The molecule has 0 spiro atoms. The fraction of sp³-hybridized carbons (Fsp3) is 0.115. The second-order valence-electron chi connectivity index (χ2n) is 8.38. The van der Waals surface area contributed by atoms with Crippen molar-refractivity contribution in [1.82, 2.24) is 24.3 Å². The van der Waals surface area contributed by atoms with E-state index >= 15 is 0 Å². The number of fused-ring (bicyclic) bond motifs is 1. The maximum absolute atomic E-state index is 14.1. The van der Waals surface area contributed by atoms with E-state index in [4.69, 9.17) is 5.73 Å². The molecule has 0 saturated carbocycles. The summed E-state index contributed by atoms with van der Waals surface area (Å²) < 4.78 is 3.32. The molecule has 36 heavy (non-hydrogen) atoms. The lowest BCUT2D eigenvalue weighted by molar-refractivity contribution is 0.0697. The van der Waals surface area contributed by atoms with Crippen molar-refractivity contribution >= 4 is 28.5 Å². The molecule has 0 aliphatic rings. The van der Waals surface area contributed by atoms with E-state index in [2.05, 4.69) is 20.4 Å². The minimum absolute atomic E-state index is 0.0604. The molecule has 0 radical (unpaired) electrons. The Kier molecular flexibility index (Phi) is 5.69. The van der Waals surface area contributed by atoms with Crippen LogP contribution < -0.4 is 16.6 Å². The molecule has 2 aromatic carbocycles. The van der Waals surface area contributed by atoms with Gasteiger partial charge < -0.3 is 16.2 Å². The molecule has 5 aromatic rings. The van der Waals surface area contributed by atoms with Gasteiger partial charge in [0.15, 0.2) is 0 Å². The first-order chi connectivity index (χ1) is 17.3. The number of aromatic nitrogens is 5. The number of hydrogen-bond donors (Lipinski definition) is 3. The van der Waals surface area contributed by atoms with Gasteiger partial charge in [0.2, 0.25) is 5.95 Å². The third-order valence-corrected chi connectivity index (χ3v) is 5.94. The largest absolute Gasteiger partial charge is 0.477 e. The molecule has 4 N–H and O–H groups in total. The first-order valence-corrected chi connectivity index (χ1v) is 11.2. The van der Waals surface area contributed by atoms with Crippen molar-refractivity contribution < 1.29 is 9.90 Å². The van der Waals surface area contributed by atoms with Crippen LogP contribution in [0.3, 0.4) is 0 Å². The Bertz CT molecular complexity index is 1660. The number of pyridine rings is 1. The highest BCUT2D eigenvalue weighted by Gasteiger charge is 2.21. The number of hydrogen-bond acceptors (Lipinski definition) is 7. The summed E-state index contributed by atoms with van der Waals surface area (Å²) in [4.78, 5) is 33.7. The number of para-hydroxylation sites is 1. The molecular weight excluding hydrogens is 458 g/mol. The summed E-state index contributed by atoms with van der Waals surface area (Å²) >= 11 is 0. The zero-order valence-electron chi connectivity index (χ0n) is 19.6. The highest BCUT2D eigenvalue weighted by atomic mass is 16.4. The summed E-state index contributed by atoms with van der Waals surface area (Å²) in [7, 11) is 1.83. The molecular formula is C26H23N7O3. The van der Waals surface area contributed by atoms with Crippen LogP contribution in [-0.4, -0.2) is 35.4 Å². The van der Waals surface area contributed by atoms with Gasteiger partial charge in [0.25, 0.3) is 5.56 Å². The lowest BCUT2D eigenvalue weighted by Crippen LogP contribution is -2.26. The zero-order valence-corrected chi connectivity index (χ0v) is 19.6. The maximum Gasteiger partial charge on any atom is 0.341 e. The summed E-state index contributed by atoms with van der Waals surface area (Å²) in [6.07, 6.45) is 4.75. The van der Waals surface area contributed by atoms with E-state index < -0.39 is 12.0 Å². The van der Waals surface area contributed by atoms with E-state index in [1.165, 1.54) is 0 Å². The number of aryl methyl sites for hydroxylation is 1. The molecule has 3 aromatic heterocycles. The van der Waals surface area contributed by atoms with Gasteiger partial charge in [-0.25, -0.2) is 9.78 Å². The molecule has 10 heteroatoms. The van der Waals surface area contributed by atoms with E-state index in [0.29, 0.717) is 16.8 Å². The molecule has 0 amide bonds. The van der Waals surface area contributed by atoms with Crippen LogP contribution in [0.1, 0.15) is 29.0 Å². The van der Waals surface area contributed by atoms with Crippen LogP contribution >= 0.6 is 0 Å². The Morgan fingerprint density at radius 1 is 1.11 bits per heavy atom. The first kappa shape index (κ1) is 22.8. The summed E-state index contributed by atoms with van der Waals surface area (Å²) in [5.74, 6) is -1.18. The van der Waals surface area contributed by atoms with Crippen molar-refractivity contribution in [2.45, 2.75) is 13.0 Å². The average molecular weight is 482 g/mol. The number of rotatable bonds is 6. The highest BCUT2D eigenvalue weighted by Crippen LogP contribution is 2.30. The molecule has 0 bridgehead atoms. The van der Waals surface area contributed by atoms with Crippen molar-refractivity contribution in [2.75, 3.05) is 11.1 Å². The molecule has 180 valence electrons. The number of nitrogens with one attached hydrogen (secondary N) is 1. The Labute approximate surface area is 205 Å². The lowest BCUT2D eigenvalue weighted by Gasteiger charge is -2.22. The Hall–Kier alpha value is -4.99. The lowest BCUT2D eigenvalue weighted by atomic mass is 9.99. The molecule has 5 rings (SSSR count). The Morgan fingerprint density at radius 3 is 2.58 bits per heavy atom. The smallest absolute Gasteiger partial charge is 0.341 e. The zero-order chi connectivity index (χ0) is 25.4. The number of carboxylic acid groups (broad SMARTS) is 1. The van der Waals surface area contributed by atoms with Crippen molar-refractivity contribution in [3.63, 3.8) is 0 Å². The van der Waals surface area contributed by atoms with Crippen molar-refractivity contribution in [3.05, 3.63) is 94.8 Å². The number of carboxylic acids is 1. The van der Waals surface area contributed by atoms with Crippen LogP contribution in [-0.2, 0) is 7.05 Å². The molecule has 0 saturated heterocycles. The fourth-order valence-corrected chi connectivity index (χ4v) is 4.29. The predicted molar refractivity (Wildman–Crippen MR) is 137 cm³/mol. The number of nitrogen functional groups attached to an aromatic ring is 1. The molecule has 1 atom stereocenters. The second kappa shape index (κ2) is 8.99. The summed E-state index contributed by atoms with van der Waals surface area (Å²) in [6.45, 7) is 1.83. The van der Waals surface area contributed by atoms with Gasteiger partial charge in [-0.3, -0.25) is 14.0 Å². The summed E-state index contributed by atoms with van der Waals surface area (Å²) in [6, 6.07) is 16.4. The van der Waals surface area contributed by atoms with Gasteiger partial charge in [0.05, 0.1) is 17.6 Å². The molecule has 0 aliphatic carbocycles. The molecule has 0 fully saturated rings. The minimum atomic E-state index is -1.19. The highest BCUT2D eigenvalue weighted by molar-refractivity contribution is 5.96. The summed E-state index contributed by atoms with van der Waals surface area (Å²) in [5.41, 5.74) is 8.30. The molecule has 3 heterocycles. The maximum atomic E-state index is 14.1. The van der Waals surface area contributed by atoms with Gasteiger partial charge in [-0.05, 0) is 36.1 Å². The van der Waals surface area contributed by atoms with Gasteiger partial charge >= 0.3 is 5.97 Å². The SMILES string of the molecule is CC(Nc1nc(N)ncc1C(=O)O)c1cc2cccc(-c3cnn(C)c3)c2c(=O)n1-c1ccccc1. The number of aromatic carboxylic acids is 1.